The van der Waals surface area contributed by atoms with E-state index in [0.29, 0.717) is 5.92 Å². The van der Waals surface area contributed by atoms with Crippen molar-refractivity contribution in [1.82, 2.24) is 25.0 Å². The number of guanidine groups is 1. The van der Waals surface area contributed by atoms with Gasteiger partial charge in [0, 0.05) is 46.8 Å². The highest BCUT2D eigenvalue weighted by Crippen LogP contribution is 2.28. The zero-order valence-corrected chi connectivity index (χ0v) is 21.1. The van der Waals surface area contributed by atoms with E-state index < -0.39 is 0 Å². The Morgan fingerprint density at radius 2 is 2.14 bits per heavy atom. The van der Waals surface area contributed by atoms with E-state index in [1.807, 2.05) is 7.05 Å². The van der Waals surface area contributed by atoms with Gasteiger partial charge in [-0.05, 0) is 37.4 Å². The molecule has 1 fully saturated rings. The standard InChI is InChI=1S/C19H36N6OS.HI/c1-15(2)13-25-17(22-23-19(25)27-5)7-6-10-21-18(20-3)24(4)11-12-26-14-16-8-9-16;/h15-16H,6-14H2,1-5H3,(H,20,21);1H. The number of nitrogens with one attached hydrogen (secondary N) is 1. The van der Waals surface area contributed by atoms with E-state index in [1.54, 1.807) is 11.8 Å². The molecular formula is C19H37IN6OS. The van der Waals surface area contributed by atoms with Crippen LogP contribution in [0.2, 0.25) is 0 Å². The Bertz CT molecular complexity index is 591. The number of nitrogens with zero attached hydrogens (tertiary/aromatic N) is 5. The lowest BCUT2D eigenvalue weighted by molar-refractivity contribution is 0.115. The number of hydrogen-bond acceptors (Lipinski definition) is 5. The molecular weight excluding hydrogens is 487 g/mol. The second-order valence-electron chi connectivity index (χ2n) is 7.62. The van der Waals surface area contributed by atoms with Gasteiger partial charge in [-0.1, -0.05) is 25.6 Å². The molecule has 0 aliphatic heterocycles. The van der Waals surface area contributed by atoms with Crippen molar-refractivity contribution in [2.24, 2.45) is 16.8 Å². The number of aliphatic imine (C=N–C) groups is 1. The molecule has 9 heteroatoms. The van der Waals surface area contributed by atoms with E-state index >= 15 is 0 Å². The predicted molar refractivity (Wildman–Crippen MR) is 128 cm³/mol. The summed E-state index contributed by atoms with van der Waals surface area (Å²) in [6.07, 6.45) is 6.64. The molecule has 0 radical (unpaired) electrons. The average molecular weight is 525 g/mol. The van der Waals surface area contributed by atoms with Crippen molar-refractivity contribution >= 4 is 41.7 Å². The molecule has 1 aliphatic rings. The maximum atomic E-state index is 5.72. The summed E-state index contributed by atoms with van der Waals surface area (Å²) in [6, 6.07) is 0. The first-order valence-electron chi connectivity index (χ1n) is 10.0. The van der Waals surface area contributed by atoms with E-state index in [0.717, 1.165) is 68.5 Å². The Labute approximate surface area is 191 Å². The summed E-state index contributed by atoms with van der Waals surface area (Å²) in [5.74, 6) is 3.39. The molecule has 1 N–H and O–H groups in total. The van der Waals surface area contributed by atoms with Crippen LogP contribution in [0.1, 0.15) is 38.9 Å². The van der Waals surface area contributed by atoms with Crippen LogP contribution < -0.4 is 5.32 Å². The van der Waals surface area contributed by atoms with Crippen molar-refractivity contribution in [3.05, 3.63) is 5.82 Å². The van der Waals surface area contributed by atoms with Gasteiger partial charge >= 0.3 is 0 Å². The predicted octanol–water partition coefficient (Wildman–Crippen LogP) is 3.14. The van der Waals surface area contributed by atoms with Gasteiger partial charge in [-0.2, -0.15) is 0 Å². The molecule has 1 aliphatic carbocycles. The van der Waals surface area contributed by atoms with E-state index in [-0.39, 0.29) is 24.0 Å². The normalized spacial score (nSPS) is 14.3. The fourth-order valence-corrected chi connectivity index (χ4v) is 3.40. The van der Waals surface area contributed by atoms with E-state index in [4.69, 9.17) is 4.74 Å². The number of thioether (sulfide) groups is 1. The van der Waals surface area contributed by atoms with Crippen LogP contribution in [0, 0.1) is 11.8 Å². The Morgan fingerprint density at radius 1 is 1.39 bits per heavy atom. The first-order valence-corrected chi connectivity index (χ1v) is 11.2. The third-order valence-electron chi connectivity index (χ3n) is 4.58. The fraction of sp³-hybridized carbons (Fsp3) is 0.842. The minimum atomic E-state index is 0. The minimum Gasteiger partial charge on any atom is -0.379 e. The van der Waals surface area contributed by atoms with Gasteiger partial charge in [-0.3, -0.25) is 4.99 Å². The molecule has 1 saturated carbocycles. The number of hydrogen-bond donors (Lipinski definition) is 1. The van der Waals surface area contributed by atoms with Crippen molar-refractivity contribution in [3.8, 4) is 0 Å². The van der Waals surface area contributed by atoms with Gasteiger partial charge in [0.05, 0.1) is 6.61 Å². The zero-order valence-electron chi connectivity index (χ0n) is 18.0. The number of aryl methyl sites for hydroxylation is 1. The summed E-state index contributed by atoms with van der Waals surface area (Å²) in [4.78, 5) is 6.50. The molecule has 0 spiro atoms. The Kier molecular flexibility index (Phi) is 12.4. The second kappa shape index (κ2) is 13.6. The molecule has 0 saturated heterocycles. The smallest absolute Gasteiger partial charge is 0.193 e. The van der Waals surface area contributed by atoms with Gasteiger partial charge < -0.3 is 19.5 Å². The van der Waals surface area contributed by atoms with Crippen LogP contribution in [0.4, 0.5) is 0 Å². The largest absolute Gasteiger partial charge is 0.379 e. The molecule has 7 nitrogen and oxygen atoms in total. The number of aromatic nitrogens is 3. The zero-order chi connectivity index (χ0) is 19.6. The highest BCUT2D eigenvalue weighted by molar-refractivity contribution is 14.0. The molecule has 0 aromatic carbocycles. The van der Waals surface area contributed by atoms with Crippen LogP contribution in [0.3, 0.4) is 0 Å². The summed E-state index contributed by atoms with van der Waals surface area (Å²) < 4.78 is 7.98. The lowest BCUT2D eigenvalue weighted by Crippen LogP contribution is -2.41. The summed E-state index contributed by atoms with van der Waals surface area (Å²) in [7, 11) is 3.88. The third kappa shape index (κ3) is 8.86. The summed E-state index contributed by atoms with van der Waals surface area (Å²) in [5.41, 5.74) is 0. The monoisotopic (exact) mass is 524 g/mol. The molecule has 162 valence electrons. The van der Waals surface area contributed by atoms with Crippen LogP contribution >= 0.6 is 35.7 Å². The van der Waals surface area contributed by atoms with Crippen molar-refractivity contribution in [1.29, 1.82) is 0 Å². The molecule has 0 unspecified atom stereocenters. The fourth-order valence-electron chi connectivity index (χ4n) is 2.88. The van der Waals surface area contributed by atoms with Crippen molar-refractivity contribution in [3.63, 3.8) is 0 Å². The summed E-state index contributed by atoms with van der Waals surface area (Å²) >= 11 is 1.66. The number of likely N-dealkylation sites (N-methyl/N-ethyl adjacent to an activating group) is 1. The van der Waals surface area contributed by atoms with Gasteiger partial charge in [0.1, 0.15) is 5.82 Å². The Balaban J connectivity index is 0.00000392. The van der Waals surface area contributed by atoms with Gasteiger partial charge in [0.15, 0.2) is 11.1 Å². The lowest BCUT2D eigenvalue weighted by atomic mass is 10.2. The Hall–Kier alpha value is -0.550. The van der Waals surface area contributed by atoms with E-state index in [1.165, 1.54) is 12.8 Å². The SMILES string of the molecule is CN=C(NCCCc1nnc(SC)n1CC(C)C)N(C)CCOCC1CC1.I. The first kappa shape index (κ1) is 25.5. The molecule has 0 bridgehead atoms. The van der Waals surface area contributed by atoms with Gasteiger partial charge in [0.2, 0.25) is 0 Å². The highest BCUT2D eigenvalue weighted by atomic mass is 127. The molecule has 1 heterocycles. The summed E-state index contributed by atoms with van der Waals surface area (Å²) in [5, 5.41) is 13.2. The highest BCUT2D eigenvalue weighted by Gasteiger charge is 2.21. The maximum absolute atomic E-state index is 5.72. The topological polar surface area (TPSA) is 67.6 Å². The van der Waals surface area contributed by atoms with E-state index in [9.17, 15) is 0 Å². The minimum absolute atomic E-state index is 0. The molecule has 2 rings (SSSR count). The Morgan fingerprint density at radius 3 is 2.75 bits per heavy atom. The second-order valence-corrected chi connectivity index (χ2v) is 8.40. The summed E-state index contributed by atoms with van der Waals surface area (Å²) in [6.45, 7) is 8.80. The van der Waals surface area contributed by atoms with Crippen molar-refractivity contribution in [2.75, 3.05) is 46.7 Å². The van der Waals surface area contributed by atoms with Crippen molar-refractivity contribution in [2.45, 2.75) is 51.2 Å². The van der Waals surface area contributed by atoms with Crippen LogP contribution in [0.25, 0.3) is 0 Å². The molecule has 1 aromatic heterocycles. The van der Waals surface area contributed by atoms with Crippen LogP contribution in [0.15, 0.2) is 10.1 Å². The van der Waals surface area contributed by atoms with Gasteiger partial charge in [0.25, 0.3) is 0 Å². The quantitative estimate of drug-likeness (QED) is 0.149. The number of halogens is 1. The molecule has 0 atom stereocenters. The molecule has 0 amide bonds. The lowest BCUT2D eigenvalue weighted by Gasteiger charge is -2.22. The van der Waals surface area contributed by atoms with Crippen LogP contribution in [0.5, 0.6) is 0 Å². The van der Waals surface area contributed by atoms with Crippen molar-refractivity contribution < 1.29 is 4.74 Å². The van der Waals surface area contributed by atoms with Gasteiger partial charge in [-0.15, -0.1) is 34.2 Å². The van der Waals surface area contributed by atoms with Crippen LogP contribution in [-0.2, 0) is 17.7 Å². The molecule has 28 heavy (non-hydrogen) atoms. The maximum Gasteiger partial charge on any atom is 0.193 e. The van der Waals surface area contributed by atoms with Crippen LogP contribution in [-0.4, -0.2) is 72.3 Å². The third-order valence-corrected chi connectivity index (χ3v) is 5.25. The number of rotatable bonds is 12. The van der Waals surface area contributed by atoms with Gasteiger partial charge in [-0.25, -0.2) is 0 Å². The number of ether oxygens (including phenoxy) is 1. The molecule has 1 aromatic rings. The first-order chi connectivity index (χ1) is 13.0. The van der Waals surface area contributed by atoms with E-state index in [2.05, 4.69) is 57.1 Å². The average Bonchev–Trinajstić information content (AvgIpc) is 3.39.